The number of hydrogen-bond donors (Lipinski definition) is 1. The molecule has 0 bridgehead atoms. The molecule has 1 aromatic heterocycles. The van der Waals surface area contributed by atoms with Crippen LogP contribution in [-0.4, -0.2) is 40.3 Å². The number of benzene rings is 1. The summed E-state index contributed by atoms with van der Waals surface area (Å²) in [5, 5.41) is 13.4. The van der Waals surface area contributed by atoms with Crippen LogP contribution in [0.5, 0.6) is 0 Å². The highest BCUT2D eigenvalue weighted by molar-refractivity contribution is 5.97. The fraction of sp³-hybridized carbons (Fsp3) is 0.316. The highest BCUT2D eigenvalue weighted by Crippen LogP contribution is 2.24. The second-order valence-electron chi connectivity index (χ2n) is 6.60. The third-order valence-corrected chi connectivity index (χ3v) is 4.50. The summed E-state index contributed by atoms with van der Waals surface area (Å²) in [6, 6.07) is 9.09. The summed E-state index contributed by atoms with van der Waals surface area (Å²) in [6.45, 7) is 1.78. The number of rotatable bonds is 7. The number of nitrogens with one attached hydrogen (secondary N) is 1. The predicted octanol–water partition coefficient (Wildman–Crippen LogP) is 2.11. The van der Waals surface area contributed by atoms with Gasteiger partial charge in [0.05, 0.1) is 23.6 Å². The van der Waals surface area contributed by atoms with Crippen molar-refractivity contribution in [2.45, 2.75) is 26.0 Å². The predicted molar refractivity (Wildman–Crippen MR) is 99.5 cm³/mol. The molecule has 0 radical (unpaired) electrons. The number of carbonyl (C=O) groups is 3. The number of para-hydroxylation sites is 2. The molecule has 1 fully saturated rings. The quantitative estimate of drug-likeness (QED) is 0.427. The van der Waals surface area contributed by atoms with Gasteiger partial charge in [-0.15, -0.1) is 0 Å². The van der Waals surface area contributed by atoms with E-state index in [1.54, 1.807) is 12.1 Å². The molecule has 0 spiro atoms. The standard InChI is InChI=1S/C19H19N3O7/c1-12(18(24)20-15-6-2-3-7-16(15)22(26)27)29-19(25)13-9-17(23)21(10-13)11-14-5-4-8-28-14/h2-8,12-13H,9-11H2,1H3,(H,20,24)/t12-,13+/m1/s1. The molecule has 2 aromatic rings. The summed E-state index contributed by atoms with van der Waals surface area (Å²) in [7, 11) is 0. The molecule has 3 rings (SSSR count). The first-order valence-corrected chi connectivity index (χ1v) is 8.90. The van der Waals surface area contributed by atoms with Crippen molar-refractivity contribution in [3.8, 4) is 0 Å². The van der Waals surface area contributed by atoms with Crippen LogP contribution >= 0.6 is 0 Å². The van der Waals surface area contributed by atoms with Gasteiger partial charge in [0.15, 0.2) is 6.10 Å². The molecule has 0 unspecified atom stereocenters. The Labute approximate surface area is 165 Å². The van der Waals surface area contributed by atoms with Gasteiger partial charge in [-0.05, 0) is 25.1 Å². The zero-order valence-corrected chi connectivity index (χ0v) is 15.6. The largest absolute Gasteiger partial charge is 0.467 e. The summed E-state index contributed by atoms with van der Waals surface area (Å²) in [4.78, 5) is 48.7. The van der Waals surface area contributed by atoms with Crippen LogP contribution in [0, 0.1) is 16.0 Å². The number of anilines is 1. The minimum atomic E-state index is -1.18. The number of likely N-dealkylation sites (tertiary alicyclic amines) is 1. The van der Waals surface area contributed by atoms with Crippen LogP contribution in [0.4, 0.5) is 11.4 Å². The van der Waals surface area contributed by atoms with E-state index in [9.17, 15) is 24.5 Å². The molecule has 1 N–H and O–H groups in total. The maximum atomic E-state index is 12.4. The molecule has 1 aliphatic heterocycles. The lowest BCUT2D eigenvalue weighted by Gasteiger charge is -2.17. The lowest BCUT2D eigenvalue weighted by molar-refractivity contribution is -0.383. The third kappa shape index (κ3) is 4.78. The Morgan fingerprint density at radius 2 is 2.10 bits per heavy atom. The van der Waals surface area contributed by atoms with E-state index in [0.29, 0.717) is 5.76 Å². The van der Waals surface area contributed by atoms with Gasteiger partial charge in [-0.3, -0.25) is 24.5 Å². The third-order valence-electron chi connectivity index (χ3n) is 4.50. The maximum Gasteiger partial charge on any atom is 0.312 e. The summed E-state index contributed by atoms with van der Waals surface area (Å²) < 4.78 is 10.4. The Hall–Kier alpha value is -3.69. The Kier molecular flexibility index (Phi) is 5.91. The van der Waals surface area contributed by atoms with Crippen molar-refractivity contribution in [1.29, 1.82) is 0 Å². The molecule has 2 amide bonds. The Morgan fingerprint density at radius 3 is 2.79 bits per heavy atom. The van der Waals surface area contributed by atoms with Crippen molar-refractivity contribution in [3.05, 3.63) is 58.5 Å². The van der Waals surface area contributed by atoms with Crippen LogP contribution in [0.15, 0.2) is 47.1 Å². The zero-order valence-electron chi connectivity index (χ0n) is 15.6. The van der Waals surface area contributed by atoms with Gasteiger partial charge in [-0.2, -0.15) is 0 Å². The van der Waals surface area contributed by atoms with Gasteiger partial charge in [0.2, 0.25) is 5.91 Å². The van der Waals surface area contributed by atoms with Crippen LogP contribution in [0.25, 0.3) is 0 Å². The first-order chi connectivity index (χ1) is 13.8. The number of nitro groups is 1. The number of nitro benzene ring substituents is 1. The summed E-state index contributed by atoms with van der Waals surface area (Å²) in [5.41, 5.74) is -0.264. The normalized spacial score (nSPS) is 17.1. The molecule has 2 atom stereocenters. The molecule has 1 aromatic carbocycles. The minimum Gasteiger partial charge on any atom is -0.467 e. The highest BCUT2D eigenvalue weighted by atomic mass is 16.6. The second kappa shape index (κ2) is 8.55. The van der Waals surface area contributed by atoms with E-state index in [1.807, 2.05) is 0 Å². The van der Waals surface area contributed by atoms with Gasteiger partial charge >= 0.3 is 5.97 Å². The van der Waals surface area contributed by atoms with Crippen LogP contribution in [0.2, 0.25) is 0 Å². The molecule has 29 heavy (non-hydrogen) atoms. The molecule has 0 aliphatic carbocycles. The molecule has 10 nitrogen and oxygen atoms in total. The van der Waals surface area contributed by atoms with Crippen LogP contribution in [-0.2, 0) is 25.7 Å². The van der Waals surface area contributed by atoms with Gasteiger partial charge in [0.1, 0.15) is 11.4 Å². The molecule has 152 valence electrons. The lowest BCUT2D eigenvalue weighted by Crippen LogP contribution is -2.33. The lowest BCUT2D eigenvalue weighted by atomic mass is 10.1. The number of amides is 2. The van der Waals surface area contributed by atoms with E-state index in [4.69, 9.17) is 9.15 Å². The van der Waals surface area contributed by atoms with Gasteiger partial charge in [0, 0.05) is 19.0 Å². The number of hydrogen-bond acceptors (Lipinski definition) is 7. The number of carbonyl (C=O) groups excluding carboxylic acids is 3. The molecule has 1 saturated heterocycles. The molecule has 1 aliphatic rings. The van der Waals surface area contributed by atoms with Gasteiger partial charge in [0.25, 0.3) is 11.6 Å². The van der Waals surface area contributed by atoms with Gasteiger partial charge < -0.3 is 19.4 Å². The maximum absolute atomic E-state index is 12.4. The van der Waals surface area contributed by atoms with E-state index in [-0.39, 0.29) is 36.8 Å². The molecule has 0 saturated carbocycles. The number of esters is 1. The topological polar surface area (TPSA) is 132 Å². The molecule has 10 heteroatoms. The van der Waals surface area contributed by atoms with Crippen LogP contribution < -0.4 is 5.32 Å². The summed E-state index contributed by atoms with van der Waals surface area (Å²) in [6.07, 6.45) is 0.299. The average Bonchev–Trinajstić information content (AvgIpc) is 3.32. The van der Waals surface area contributed by atoms with Crippen molar-refractivity contribution in [2.75, 3.05) is 11.9 Å². The second-order valence-corrected chi connectivity index (χ2v) is 6.60. The monoisotopic (exact) mass is 401 g/mol. The number of furan rings is 1. The fourth-order valence-corrected chi connectivity index (χ4v) is 2.97. The summed E-state index contributed by atoms with van der Waals surface area (Å²) in [5.74, 6) is -1.68. The van der Waals surface area contributed by atoms with E-state index in [1.165, 1.54) is 42.4 Å². The first kappa shape index (κ1) is 20.1. The smallest absolute Gasteiger partial charge is 0.312 e. The number of nitrogens with zero attached hydrogens (tertiary/aromatic N) is 2. The van der Waals surface area contributed by atoms with E-state index >= 15 is 0 Å². The number of ether oxygens (including phenoxy) is 1. The van der Waals surface area contributed by atoms with Gasteiger partial charge in [-0.1, -0.05) is 12.1 Å². The van der Waals surface area contributed by atoms with Crippen molar-refractivity contribution in [1.82, 2.24) is 4.90 Å². The SMILES string of the molecule is C[C@@H](OC(=O)[C@H]1CC(=O)N(Cc2ccco2)C1)C(=O)Nc1ccccc1[N+](=O)[O-]. The van der Waals surface area contributed by atoms with Crippen molar-refractivity contribution >= 4 is 29.2 Å². The molecule has 2 heterocycles. The van der Waals surface area contributed by atoms with E-state index in [2.05, 4.69) is 5.32 Å². The molecular weight excluding hydrogens is 382 g/mol. The summed E-state index contributed by atoms with van der Waals surface area (Å²) >= 11 is 0. The Bertz CT molecular complexity index is 926. The van der Waals surface area contributed by atoms with E-state index in [0.717, 1.165) is 0 Å². The van der Waals surface area contributed by atoms with Crippen LogP contribution in [0.3, 0.4) is 0 Å². The van der Waals surface area contributed by atoms with Crippen molar-refractivity contribution in [2.24, 2.45) is 5.92 Å². The Morgan fingerprint density at radius 1 is 1.34 bits per heavy atom. The average molecular weight is 401 g/mol. The van der Waals surface area contributed by atoms with Gasteiger partial charge in [-0.25, -0.2) is 0 Å². The fourth-order valence-electron chi connectivity index (χ4n) is 2.97. The molecular formula is C19H19N3O7. The zero-order chi connectivity index (χ0) is 21.0. The van der Waals surface area contributed by atoms with Crippen LogP contribution in [0.1, 0.15) is 19.1 Å². The van der Waals surface area contributed by atoms with Crippen molar-refractivity contribution < 1.29 is 28.5 Å². The highest BCUT2D eigenvalue weighted by Gasteiger charge is 2.37. The minimum absolute atomic E-state index is 0.00562. The van der Waals surface area contributed by atoms with Crippen molar-refractivity contribution in [3.63, 3.8) is 0 Å². The first-order valence-electron chi connectivity index (χ1n) is 8.90. The van der Waals surface area contributed by atoms with E-state index < -0.39 is 28.8 Å². The Balaban J connectivity index is 1.55.